The number of hydrazone groups is 1. The van der Waals surface area contributed by atoms with Gasteiger partial charge in [0.2, 0.25) is 0 Å². The lowest BCUT2D eigenvalue weighted by Gasteiger charge is -2.48. The van der Waals surface area contributed by atoms with Crippen molar-refractivity contribution in [2.75, 3.05) is 44.6 Å². The number of nitrogens with zero attached hydrogens (tertiary/aromatic N) is 3. The molecule has 0 spiro atoms. The molecule has 0 aromatic heterocycles. The van der Waals surface area contributed by atoms with Crippen LogP contribution in [0, 0.1) is 17.2 Å². The molecule has 0 amide bonds. The molecule has 2 N–H and O–H groups in total. The maximum absolute atomic E-state index is 13.2. The number of thiocarbonyl (C=S) groups is 1. The summed E-state index contributed by atoms with van der Waals surface area (Å²) < 4.78 is 13.2. The first-order chi connectivity index (χ1) is 11.9. The molecule has 8 heteroatoms. The molecule has 134 valence electrons. The Morgan fingerprint density at radius 1 is 1.32 bits per heavy atom. The molecule has 0 radical (unpaired) electrons. The molecule has 2 atom stereocenters. The van der Waals surface area contributed by atoms with Gasteiger partial charge in [-0.15, -0.1) is 0 Å². The van der Waals surface area contributed by atoms with Crippen molar-refractivity contribution in [1.29, 1.82) is 0 Å². The molecular weight excluding hydrogens is 361 g/mol. The number of hydrogen-bond acceptors (Lipinski definition) is 4. The summed E-state index contributed by atoms with van der Waals surface area (Å²) in [5.74, 6) is -0.000473. The van der Waals surface area contributed by atoms with Crippen molar-refractivity contribution < 1.29 is 4.39 Å². The van der Waals surface area contributed by atoms with Gasteiger partial charge < -0.3 is 15.1 Å². The molecular formula is C17H21ClFN5S. The van der Waals surface area contributed by atoms with Crippen molar-refractivity contribution in [2.45, 2.75) is 6.92 Å². The highest BCUT2D eigenvalue weighted by Crippen LogP contribution is 2.38. The van der Waals surface area contributed by atoms with E-state index in [1.54, 1.807) is 6.07 Å². The Morgan fingerprint density at radius 3 is 2.60 bits per heavy atom. The second kappa shape index (κ2) is 6.46. The molecule has 1 aromatic carbocycles. The Kier molecular flexibility index (Phi) is 4.43. The number of hydrogen-bond donors (Lipinski definition) is 2. The third-order valence-corrected chi connectivity index (χ3v) is 5.78. The SMILES string of the molecule is CC12CN3CCN(CC(C3)C1=NNC(=S)Nc1ccc(F)c(Cl)c1)C2. The predicted octanol–water partition coefficient (Wildman–Crippen LogP) is 2.39. The fourth-order valence-corrected chi connectivity index (χ4v) is 4.71. The van der Waals surface area contributed by atoms with E-state index in [1.807, 2.05) is 0 Å². The first-order valence-electron chi connectivity index (χ1n) is 8.48. The molecule has 25 heavy (non-hydrogen) atoms. The lowest BCUT2D eigenvalue weighted by molar-refractivity contribution is 0.130. The van der Waals surface area contributed by atoms with Crippen molar-refractivity contribution in [2.24, 2.45) is 16.4 Å². The quantitative estimate of drug-likeness (QED) is 0.608. The summed E-state index contributed by atoms with van der Waals surface area (Å²) in [5, 5.41) is 8.12. The topological polar surface area (TPSA) is 42.9 Å². The highest BCUT2D eigenvalue weighted by molar-refractivity contribution is 7.80. The second-order valence-corrected chi connectivity index (χ2v) is 8.24. The predicted molar refractivity (Wildman–Crippen MR) is 103 cm³/mol. The molecule has 2 unspecified atom stereocenters. The number of nitrogens with one attached hydrogen (secondary N) is 2. The summed E-state index contributed by atoms with van der Waals surface area (Å²) >= 11 is 11.1. The minimum Gasteiger partial charge on any atom is -0.331 e. The van der Waals surface area contributed by atoms with Gasteiger partial charge in [0.25, 0.3) is 0 Å². The van der Waals surface area contributed by atoms with Gasteiger partial charge in [-0.2, -0.15) is 5.10 Å². The average molecular weight is 382 g/mol. The van der Waals surface area contributed by atoms with Gasteiger partial charge in [-0.25, -0.2) is 4.39 Å². The molecule has 5 rings (SSSR count). The molecule has 0 aliphatic carbocycles. The lowest BCUT2D eigenvalue weighted by Crippen LogP contribution is -2.60. The van der Waals surface area contributed by atoms with Crippen LogP contribution in [0.25, 0.3) is 0 Å². The second-order valence-electron chi connectivity index (χ2n) is 7.42. The maximum atomic E-state index is 13.2. The van der Waals surface area contributed by atoms with Crippen molar-refractivity contribution in [3.8, 4) is 0 Å². The number of piperidine rings is 2. The van der Waals surface area contributed by atoms with E-state index in [1.165, 1.54) is 17.8 Å². The smallest absolute Gasteiger partial charge is 0.191 e. The first kappa shape index (κ1) is 17.1. The van der Waals surface area contributed by atoms with Crippen LogP contribution in [-0.4, -0.2) is 59.9 Å². The Hall–Kier alpha value is -1.28. The summed E-state index contributed by atoms with van der Waals surface area (Å²) in [6.07, 6.45) is 0. The van der Waals surface area contributed by atoms with Gasteiger partial charge in [-0.05, 0) is 30.4 Å². The standard InChI is InChI=1S/C17H21ClFN5S/c1-17-9-23-4-5-24(10-17)8-11(7-23)15(17)21-22-16(25)20-12-2-3-14(19)13(18)6-12/h2-3,6,11H,4-5,7-10H2,1H3,(H2,20,22,25). The van der Waals surface area contributed by atoms with E-state index in [0.29, 0.717) is 16.7 Å². The van der Waals surface area contributed by atoms with Crippen molar-refractivity contribution in [1.82, 2.24) is 15.2 Å². The minimum atomic E-state index is -0.450. The van der Waals surface area contributed by atoms with Gasteiger partial charge in [0.05, 0.1) is 10.7 Å². The zero-order chi connectivity index (χ0) is 17.6. The first-order valence-corrected chi connectivity index (χ1v) is 9.26. The van der Waals surface area contributed by atoms with Gasteiger partial charge >= 0.3 is 0 Å². The van der Waals surface area contributed by atoms with Gasteiger partial charge in [0.1, 0.15) is 5.82 Å². The van der Waals surface area contributed by atoms with Crippen LogP contribution in [0.4, 0.5) is 10.1 Å². The van der Waals surface area contributed by atoms with Gasteiger partial charge in [0.15, 0.2) is 5.11 Å². The fourth-order valence-electron chi connectivity index (χ4n) is 4.37. The summed E-state index contributed by atoms with van der Waals surface area (Å²) in [4.78, 5) is 5.10. The highest BCUT2D eigenvalue weighted by atomic mass is 35.5. The van der Waals surface area contributed by atoms with Crippen LogP contribution >= 0.6 is 23.8 Å². The maximum Gasteiger partial charge on any atom is 0.191 e. The van der Waals surface area contributed by atoms with Crippen LogP contribution in [0.2, 0.25) is 5.02 Å². The summed E-state index contributed by atoms with van der Waals surface area (Å²) in [7, 11) is 0. The molecule has 5 nitrogen and oxygen atoms in total. The zero-order valence-corrected chi connectivity index (χ0v) is 15.6. The van der Waals surface area contributed by atoms with E-state index in [9.17, 15) is 4.39 Å². The van der Waals surface area contributed by atoms with E-state index in [-0.39, 0.29) is 10.4 Å². The number of halogens is 2. The van der Waals surface area contributed by atoms with Gasteiger partial charge in [0, 0.05) is 56.3 Å². The zero-order valence-electron chi connectivity index (χ0n) is 14.1. The molecule has 4 saturated heterocycles. The van der Waals surface area contributed by atoms with Crippen molar-refractivity contribution in [3.63, 3.8) is 0 Å². The molecule has 0 saturated carbocycles. The monoisotopic (exact) mass is 381 g/mol. The lowest BCUT2D eigenvalue weighted by atomic mass is 9.72. The van der Waals surface area contributed by atoms with Crippen LogP contribution < -0.4 is 10.7 Å². The normalized spacial score (nSPS) is 34.8. The Balaban J connectivity index is 1.46. The third kappa shape index (κ3) is 3.38. The average Bonchev–Trinajstić information content (AvgIpc) is 2.77. The van der Waals surface area contributed by atoms with Crippen LogP contribution in [0.1, 0.15) is 6.92 Å². The van der Waals surface area contributed by atoms with E-state index < -0.39 is 5.82 Å². The Bertz CT molecular complexity index is 724. The molecule has 4 fully saturated rings. The van der Waals surface area contributed by atoms with E-state index in [4.69, 9.17) is 23.8 Å². The van der Waals surface area contributed by atoms with Crippen LogP contribution in [0.15, 0.2) is 23.3 Å². The summed E-state index contributed by atoms with van der Waals surface area (Å²) in [6, 6.07) is 4.41. The van der Waals surface area contributed by atoms with Crippen LogP contribution in [0.5, 0.6) is 0 Å². The Labute approximate surface area is 157 Å². The molecule has 4 heterocycles. The van der Waals surface area contributed by atoms with Crippen molar-refractivity contribution in [3.05, 3.63) is 29.0 Å². The minimum absolute atomic E-state index is 0.0620. The molecule has 4 bridgehead atoms. The summed E-state index contributed by atoms with van der Waals surface area (Å²) in [6.45, 7) is 8.83. The number of anilines is 1. The number of benzene rings is 1. The summed E-state index contributed by atoms with van der Waals surface area (Å²) in [5.41, 5.74) is 4.89. The molecule has 4 aliphatic heterocycles. The molecule has 4 aliphatic rings. The fraction of sp³-hybridized carbons (Fsp3) is 0.529. The van der Waals surface area contributed by atoms with Crippen LogP contribution in [-0.2, 0) is 0 Å². The number of fused-ring (bicyclic) bond motifs is 1. The highest BCUT2D eigenvalue weighted by Gasteiger charge is 2.49. The van der Waals surface area contributed by atoms with Gasteiger partial charge in [-0.1, -0.05) is 18.5 Å². The number of rotatable bonds is 2. The van der Waals surface area contributed by atoms with E-state index >= 15 is 0 Å². The Morgan fingerprint density at radius 2 is 2.00 bits per heavy atom. The van der Waals surface area contributed by atoms with E-state index in [2.05, 4.69) is 32.6 Å². The third-order valence-electron chi connectivity index (χ3n) is 5.30. The van der Waals surface area contributed by atoms with Crippen molar-refractivity contribution >= 4 is 40.3 Å². The van der Waals surface area contributed by atoms with Gasteiger partial charge in [-0.3, -0.25) is 5.43 Å². The van der Waals surface area contributed by atoms with Crippen LogP contribution in [0.3, 0.4) is 0 Å². The van der Waals surface area contributed by atoms with E-state index in [0.717, 1.165) is 39.3 Å². The largest absolute Gasteiger partial charge is 0.331 e. The molecule has 1 aromatic rings.